The number of alkyl halides is 5. The maximum absolute atomic E-state index is 13.1. The molecule has 1 saturated carbocycles. The minimum absolute atomic E-state index is 0.128. The van der Waals surface area contributed by atoms with E-state index in [4.69, 9.17) is 0 Å². The van der Waals surface area contributed by atoms with E-state index in [9.17, 15) is 22.0 Å². The van der Waals surface area contributed by atoms with Crippen molar-refractivity contribution in [3.05, 3.63) is 36.0 Å². The summed E-state index contributed by atoms with van der Waals surface area (Å²) in [6, 6.07) is 0.310. The van der Waals surface area contributed by atoms with Crippen molar-refractivity contribution in [2.75, 3.05) is 17.2 Å². The SMILES string of the molecule is Cc1c(Nc2ncc(C(F)(F)F)c(NCC(F)F)n2)cnn1[C@H]1C[C@H](n2nccn2)C1. The van der Waals surface area contributed by atoms with E-state index in [1.165, 1.54) is 6.20 Å². The van der Waals surface area contributed by atoms with Crippen molar-refractivity contribution >= 4 is 17.5 Å². The van der Waals surface area contributed by atoms with E-state index in [0.717, 1.165) is 18.5 Å². The smallest absolute Gasteiger partial charge is 0.364 e. The number of hydrogen-bond acceptors (Lipinski definition) is 7. The van der Waals surface area contributed by atoms with Crippen LogP contribution in [0.25, 0.3) is 0 Å². The van der Waals surface area contributed by atoms with Crippen LogP contribution in [0.4, 0.5) is 39.4 Å². The largest absolute Gasteiger partial charge is 0.421 e. The van der Waals surface area contributed by atoms with Gasteiger partial charge in [-0.05, 0) is 19.8 Å². The van der Waals surface area contributed by atoms with Crippen LogP contribution in [0.1, 0.15) is 36.2 Å². The minimum atomic E-state index is -4.78. The zero-order valence-corrected chi connectivity index (χ0v) is 16.2. The quantitative estimate of drug-likeness (QED) is 0.539. The molecule has 31 heavy (non-hydrogen) atoms. The fraction of sp³-hybridized carbons (Fsp3) is 0.471. The van der Waals surface area contributed by atoms with Gasteiger partial charge in [0.25, 0.3) is 6.43 Å². The zero-order valence-electron chi connectivity index (χ0n) is 16.2. The third-order valence-electron chi connectivity index (χ3n) is 5.01. The van der Waals surface area contributed by atoms with E-state index in [-0.39, 0.29) is 18.0 Å². The Bertz CT molecular complexity index is 1030. The molecule has 14 heteroatoms. The molecule has 3 aromatic heterocycles. The number of hydrogen-bond donors (Lipinski definition) is 2. The van der Waals surface area contributed by atoms with Crippen LogP contribution in [0.3, 0.4) is 0 Å². The number of nitrogens with zero attached hydrogens (tertiary/aromatic N) is 7. The Kier molecular flexibility index (Phi) is 5.45. The van der Waals surface area contributed by atoms with E-state index < -0.39 is 30.5 Å². The first-order valence-corrected chi connectivity index (χ1v) is 9.35. The molecule has 0 aliphatic heterocycles. The first-order chi connectivity index (χ1) is 14.7. The van der Waals surface area contributed by atoms with Crippen LogP contribution < -0.4 is 10.6 Å². The van der Waals surface area contributed by atoms with Crippen molar-refractivity contribution in [3.8, 4) is 0 Å². The lowest BCUT2D eigenvalue weighted by molar-refractivity contribution is -0.137. The molecular formula is C17H18F5N9. The van der Waals surface area contributed by atoms with E-state index >= 15 is 0 Å². The summed E-state index contributed by atoms with van der Waals surface area (Å²) in [6.07, 6.45) is -0.751. The summed E-state index contributed by atoms with van der Waals surface area (Å²) >= 11 is 0. The van der Waals surface area contributed by atoms with Crippen molar-refractivity contribution in [3.63, 3.8) is 0 Å². The second-order valence-corrected chi connectivity index (χ2v) is 7.07. The molecule has 1 fully saturated rings. The van der Waals surface area contributed by atoms with E-state index in [0.29, 0.717) is 11.9 Å². The lowest BCUT2D eigenvalue weighted by Crippen LogP contribution is -2.31. The maximum atomic E-state index is 13.1. The second kappa shape index (κ2) is 8.07. The van der Waals surface area contributed by atoms with Crippen molar-refractivity contribution in [2.24, 2.45) is 0 Å². The molecule has 2 N–H and O–H groups in total. The molecule has 4 rings (SSSR count). The second-order valence-electron chi connectivity index (χ2n) is 7.07. The monoisotopic (exact) mass is 443 g/mol. The number of rotatable bonds is 7. The highest BCUT2D eigenvalue weighted by atomic mass is 19.4. The van der Waals surface area contributed by atoms with Gasteiger partial charge in [-0.25, -0.2) is 13.8 Å². The number of nitrogens with one attached hydrogen (secondary N) is 2. The topological polar surface area (TPSA) is 98.4 Å². The Hall–Kier alpha value is -3.32. The van der Waals surface area contributed by atoms with Gasteiger partial charge in [0, 0.05) is 6.20 Å². The summed E-state index contributed by atoms with van der Waals surface area (Å²) in [5.41, 5.74) is 0.0153. The van der Waals surface area contributed by atoms with Gasteiger partial charge in [-0.3, -0.25) is 4.68 Å². The fourth-order valence-corrected chi connectivity index (χ4v) is 3.35. The average molecular weight is 443 g/mol. The molecule has 166 valence electrons. The predicted molar refractivity (Wildman–Crippen MR) is 99.1 cm³/mol. The van der Waals surface area contributed by atoms with Crippen LogP contribution in [0.15, 0.2) is 24.8 Å². The molecule has 0 saturated heterocycles. The third kappa shape index (κ3) is 4.41. The molecule has 1 aliphatic rings. The summed E-state index contributed by atoms with van der Waals surface area (Å²) in [5.74, 6) is -0.886. The van der Waals surface area contributed by atoms with Crippen LogP contribution in [0.2, 0.25) is 0 Å². The van der Waals surface area contributed by atoms with Gasteiger partial charge in [0.15, 0.2) is 0 Å². The van der Waals surface area contributed by atoms with Crippen molar-refractivity contribution in [1.82, 2.24) is 34.7 Å². The third-order valence-corrected chi connectivity index (χ3v) is 5.01. The molecule has 3 heterocycles. The van der Waals surface area contributed by atoms with Crippen LogP contribution in [0.5, 0.6) is 0 Å². The number of halogens is 5. The van der Waals surface area contributed by atoms with Crippen LogP contribution in [-0.4, -0.2) is 47.7 Å². The molecule has 0 unspecified atom stereocenters. The summed E-state index contributed by atoms with van der Waals surface area (Å²) in [4.78, 5) is 9.07. The summed E-state index contributed by atoms with van der Waals surface area (Å²) < 4.78 is 66.1. The maximum Gasteiger partial charge on any atom is 0.421 e. The average Bonchev–Trinajstić information content (AvgIpc) is 3.30. The Morgan fingerprint density at radius 2 is 1.81 bits per heavy atom. The minimum Gasteiger partial charge on any atom is -0.364 e. The Labute approximate surface area is 172 Å². The summed E-state index contributed by atoms with van der Waals surface area (Å²) in [5, 5.41) is 17.4. The zero-order chi connectivity index (χ0) is 22.2. The van der Waals surface area contributed by atoms with Gasteiger partial charge in [-0.15, -0.1) is 0 Å². The molecular weight excluding hydrogens is 425 g/mol. The van der Waals surface area contributed by atoms with E-state index in [1.54, 1.807) is 24.1 Å². The summed E-state index contributed by atoms with van der Waals surface area (Å²) in [6.45, 7) is 0.833. The van der Waals surface area contributed by atoms with Gasteiger partial charge < -0.3 is 10.6 Å². The van der Waals surface area contributed by atoms with Crippen molar-refractivity contribution in [2.45, 2.75) is 44.5 Å². The van der Waals surface area contributed by atoms with Gasteiger partial charge in [0.1, 0.15) is 11.4 Å². The van der Waals surface area contributed by atoms with Gasteiger partial charge in [-0.2, -0.15) is 38.2 Å². The van der Waals surface area contributed by atoms with E-state index in [2.05, 4.69) is 30.6 Å². The van der Waals surface area contributed by atoms with Crippen LogP contribution in [0, 0.1) is 6.92 Å². The molecule has 3 aromatic rings. The van der Waals surface area contributed by atoms with Gasteiger partial charge in [0.05, 0.1) is 48.6 Å². The lowest BCUT2D eigenvalue weighted by Gasteiger charge is -2.35. The fourth-order valence-electron chi connectivity index (χ4n) is 3.35. The molecule has 0 spiro atoms. The van der Waals surface area contributed by atoms with Crippen molar-refractivity contribution < 1.29 is 22.0 Å². The molecule has 0 bridgehead atoms. The molecule has 1 aliphatic carbocycles. The predicted octanol–water partition coefficient (Wildman–Crippen LogP) is 3.59. The van der Waals surface area contributed by atoms with Gasteiger partial charge >= 0.3 is 6.18 Å². The van der Waals surface area contributed by atoms with Gasteiger partial charge in [0.2, 0.25) is 5.95 Å². The number of aromatic nitrogens is 7. The molecule has 9 nitrogen and oxygen atoms in total. The van der Waals surface area contributed by atoms with Crippen LogP contribution >= 0.6 is 0 Å². The Morgan fingerprint density at radius 3 is 2.45 bits per heavy atom. The molecule has 0 amide bonds. The number of anilines is 3. The van der Waals surface area contributed by atoms with Crippen molar-refractivity contribution in [1.29, 1.82) is 0 Å². The summed E-state index contributed by atoms with van der Waals surface area (Å²) in [7, 11) is 0. The Morgan fingerprint density at radius 1 is 1.10 bits per heavy atom. The highest BCUT2D eigenvalue weighted by molar-refractivity contribution is 5.58. The highest BCUT2D eigenvalue weighted by Gasteiger charge is 2.36. The Balaban J connectivity index is 1.48. The highest BCUT2D eigenvalue weighted by Crippen LogP contribution is 2.41. The van der Waals surface area contributed by atoms with E-state index in [1.807, 2.05) is 10.00 Å². The molecule has 0 aromatic carbocycles. The lowest BCUT2D eigenvalue weighted by atomic mass is 9.87. The molecule has 0 atom stereocenters. The molecule has 0 radical (unpaired) electrons. The van der Waals surface area contributed by atoms with Gasteiger partial charge in [-0.1, -0.05) is 0 Å². The normalized spacial score (nSPS) is 18.8. The van der Waals surface area contributed by atoms with Crippen LogP contribution in [-0.2, 0) is 6.18 Å². The standard InChI is InChI=1S/C17H18F5N9/c1-9-13(7-27-30(9)10-4-11(5-10)31-25-2-3-26-31)28-16-24-6-12(17(20,21)22)15(29-16)23-8-14(18)19/h2-3,6-7,10-11,14H,4-5,8H2,1H3,(H2,23,24,28,29)/t10-,11-. The first-order valence-electron chi connectivity index (χ1n) is 9.35. The first kappa shape index (κ1) is 20.9.